The highest BCUT2D eigenvalue weighted by Crippen LogP contribution is 2.37. The van der Waals surface area contributed by atoms with Crippen molar-refractivity contribution in [1.29, 1.82) is 0 Å². The number of rotatable bonds is 3. The van der Waals surface area contributed by atoms with Gasteiger partial charge in [-0.1, -0.05) is 33.1 Å². The Morgan fingerprint density at radius 1 is 1.17 bits per heavy atom. The Bertz CT molecular complexity index is 1040. The molecule has 5 rings (SSSR count). The minimum absolute atomic E-state index is 0.220. The Kier molecular flexibility index (Phi) is 4.34. The molecule has 0 N–H and O–H groups in total. The first-order valence-corrected chi connectivity index (χ1v) is 10.8. The van der Waals surface area contributed by atoms with Crippen molar-refractivity contribution in [2.24, 2.45) is 4.99 Å². The lowest BCUT2D eigenvalue weighted by molar-refractivity contribution is -0.677. The molecule has 1 saturated carbocycles. The van der Waals surface area contributed by atoms with Gasteiger partial charge in [-0.25, -0.2) is 13.9 Å². The first-order valence-electron chi connectivity index (χ1n) is 10.0. The van der Waals surface area contributed by atoms with Gasteiger partial charge in [0.05, 0.1) is 12.6 Å². The average molecular weight is 457 g/mol. The molecule has 1 atom stereocenters. The lowest BCUT2D eigenvalue weighted by Gasteiger charge is -2.33. The number of hydrogen-bond acceptors (Lipinski definition) is 3. The molecule has 3 amide bonds. The van der Waals surface area contributed by atoms with E-state index in [4.69, 9.17) is 4.99 Å². The monoisotopic (exact) mass is 456 g/mol. The molecule has 1 aliphatic carbocycles. The van der Waals surface area contributed by atoms with Gasteiger partial charge in [-0.15, -0.1) is 0 Å². The third-order valence-electron chi connectivity index (χ3n) is 6.19. The number of urea groups is 1. The molecule has 0 radical (unpaired) electrons. The second kappa shape index (κ2) is 6.79. The summed E-state index contributed by atoms with van der Waals surface area (Å²) in [6.07, 6.45) is 6.72. The van der Waals surface area contributed by atoms with Gasteiger partial charge in [0.1, 0.15) is 11.9 Å². The SMILES string of the molecule is Cc1c[n+]2c(n1C1CCCC1)N=C1C2C(=O)N(Cc2ccc(Br)cc2)C(=O)N1C. The lowest BCUT2D eigenvalue weighted by Crippen LogP contribution is -2.62. The van der Waals surface area contributed by atoms with Crippen LogP contribution in [-0.4, -0.2) is 39.2 Å². The first-order chi connectivity index (χ1) is 14.0. The van der Waals surface area contributed by atoms with E-state index in [0.717, 1.165) is 34.5 Å². The van der Waals surface area contributed by atoms with Crippen LogP contribution in [0.4, 0.5) is 10.7 Å². The van der Waals surface area contributed by atoms with E-state index in [0.29, 0.717) is 11.9 Å². The van der Waals surface area contributed by atoms with Crippen LogP contribution in [0.5, 0.6) is 0 Å². The maximum Gasteiger partial charge on any atom is 0.402 e. The summed E-state index contributed by atoms with van der Waals surface area (Å²) in [5.41, 5.74) is 2.02. The molecule has 2 fully saturated rings. The maximum absolute atomic E-state index is 13.4. The van der Waals surface area contributed by atoms with Crippen molar-refractivity contribution >= 4 is 39.7 Å². The van der Waals surface area contributed by atoms with E-state index in [-0.39, 0.29) is 18.5 Å². The molecular formula is C21H23BrN5O2+. The molecule has 1 unspecified atom stereocenters. The zero-order valence-corrected chi connectivity index (χ0v) is 18.1. The molecule has 0 bridgehead atoms. The van der Waals surface area contributed by atoms with Gasteiger partial charge < -0.3 is 0 Å². The number of amidine groups is 1. The van der Waals surface area contributed by atoms with Gasteiger partial charge in [-0.3, -0.25) is 14.6 Å². The number of aryl methyl sites for hydroxylation is 1. The minimum atomic E-state index is -0.579. The predicted molar refractivity (Wildman–Crippen MR) is 111 cm³/mol. The van der Waals surface area contributed by atoms with E-state index in [9.17, 15) is 9.59 Å². The number of imidazole rings is 1. The zero-order chi connectivity index (χ0) is 20.3. The molecule has 7 nitrogen and oxygen atoms in total. The van der Waals surface area contributed by atoms with Gasteiger partial charge in [-0.05, 0) is 50.3 Å². The summed E-state index contributed by atoms with van der Waals surface area (Å²) >= 11 is 3.42. The summed E-state index contributed by atoms with van der Waals surface area (Å²) in [4.78, 5) is 34.0. The number of amides is 3. The molecular weight excluding hydrogens is 434 g/mol. The smallest absolute Gasteiger partial charge is 0.270 e. The molecule has 0 spiro atoms. The minimum Gasteiger partial charge on any atom is -0.270 e. The fraction of sp³-hybridized carbons (Fsp3) is 0.429. The summed E-state index contributed by atoms with van der Waals surface area (Å²) in [5, 5.41) is 0. The summed E-state index contributed by atoms with van der Waals surface area (Å²) < 4.78 is 5.16. The van der Waals surface area contributed by atoms with Gasteiger partial charge in [0.25, 0.3) is 5.91 Å². The van der Waals surface area contributed by atoms with Crippen LogP contribution in [0.1, 0.15) is 49.0 Å². The van der Waals surface area contributed by atoms with Crippen LogP contribution in [0.3, 0.4) is 0 Å². The topological polar surface area (TPSA) is 61.8 Å². The number of benzene rings is 1. The number of imide groups is 1. The molecule has 2 aliphatic heterocycles. The fourth-order valence-corrected chi connectivity index (χ4v) is 5.00. The molecule has 2 aromatic rings. The van der Waals surface area contributed by atoms with E-state index < -0.39 is 6.04 Å². The third kappa shape index (κ3) is 2.84. The van der Waals surface area contributed by atoms with Crippen LogP contribution in [0.15, 0.2) is 39.9 Å². The number of halogens is 1. The van der Waals surface area contributed by atoms with Crippen LogP contribution < -0.4 is 4.57 Å². The number of likely N-dealkylation sites (N-methyl/N-ethyl adjacent to an activating group) is 1. The molecule has 1 saturated heterocycles. The lowest BCUT2D eigenvalue weighted by atomic mass is 10.1. The van der Waals surface area contributed by atoms with Crippen molar-refractivity contribution < 1.29 is 14.2 Å². The first kappa shape index (κ1) is 18.5. The van der Waals surface area contributed by atoms with E-state index in [1.807, 2.05) is 35.0 Å². The van der Waals surface area contributed by atoms with Gasteiger partial charge in [0.2, 0.25) is 11.9 Å². The van der Waals surface area contributed by atoms with Crippen LogP contribution in [-0.2, 0) is 11.3 Å². The maximum atomic E-state index is 13.4. The van der Waals surface area contributed by atoms with E-state index in [2.05, 4.69) is 27.4 Å². The summed E-state index contributed by atoms with van der Waals surface area (Å²) in [5.74, 6) is 1.09. The second-order valence-corrected chi connectivity index (χ2v) is 8.97. The largest absolute Gasteiger partial charge is 0.402 e. The standard InChI is InChI=1S/C21H23BrN5O2/c1-13-11-25-17-18(23-20(25)27(13)16-5-3-4-6-16)24(2)21(29)26(19(17)28)12-14-7-9-15(22)10-8-14/h7-11,16-17H,3-6,12H2,1-2H3/q+1. The number of fused-ring (bicyclic) bond motifs is 3. The summed E-state index contributed by atoms with van der Waals surface area (Å²) in [6, 6.07) is 7.18. The van der Waals surface area contributed by atoms with Gasteiger partial charge >= 0.3 is 12.0 Å². The highest BCUT2D eigenvalue weighted by atomic mass is 79.9. The number of carbonyl (C=O) groups excluding carboxylic acids is 2. The Morgan fingerprint density at radius 2 is 1.86 bits per heavy atom. The Labute approximate surface area is 177 Å². The van der Waals surface area contributed by atoms with Gasteiger partial charge in [0.15, 0.2) is 0 Å². The normalized spacial score (nSPS) is 21.6. The molecule has 29 heavy (non-hydrogen) atoms. The highest BCUT2D eigenvalue weighted by molar-refractivity contribution is 9.10. The number of carbonyl (C=O) groups is 2. The number of hydrogen-bond donors (Lipinski definition) is 0. The number of aliphatic imine (C=N–C) groups is 1. The zero-order valence-electron chi connectivity index (χ0n) is 16.5. The molecule has 1 aromatic heterocycles. The van der Waals surface area contributed by atoms with Crippen molar-refractivity contribution in [1.82, 2.24) is 14.4 Å². The molecule has 1 aromatic carbocycles. The van der Waals surface area contributed by atoms with Crippen molar-refractivity contribution in [3.05, 3.63) is 46.2 Å². The summed E-state index contributed by atoms with van der Waals surface area (Å²) in [7, 11) is 1.70. The second-order valence-electron chi connectivity index (χ2n) is 8.05. The van der Waals surface area contributed by atoms with Crippen LogP contribution in [0, 0.1) is 6.92 Å². The summed E-state index contributed by atoms with van der Waals surface area (Å²) in [6.45, 7) is 2.32. The van der Waals surface area contributed by atoms with E-state index >= 15 is 0 Å². The van der Waals surface area contributed by atoms with Crippen molar-refractivity contribution in [2.45, 2.75) is 51.2 Å². The molecule has 3 heterocycles. The van der Waals surface area contributed by atoms with Gasteiger partial charge in [-0.2, -0.15) is 0 Å². The van der Waals surface area contributed by atoms with Crippen molar-refractivity contribution in [3.63, 3.8) is 0 Å². The average Bonchev–Trinajstić information content (AvgIpc) is 3.40. The van der Waals surface area contributed by atoms with Gasteiger partial charge in [0, 0.05) is 11.5 Å². The van der Waals surface area contributed by atoms with E-state index in [1.54, 1.807) is 7.05 Å². The van der Waals surface area contributed by atoms with Crippen LogP contribution >= 0.6 is 15.9 Å². The van der Waals surface area contributed by atoms with Crippen LogP contribution in [0.2, 0.25) is 0 Å². The van der Waals surface area contributed by atoms with E-state index in [1.165, 1.54) is 22.6 Å². The van der Waals surface area contributed by atoms with Crippen molar-refractivity contribution in [3.8, 4) is 0 Å². The Morgan fingerprint density at radius 3 is 2.55 bits per heavy atom. The number of nitrogens with zero attached hydrogens (tertiary/aromatic N) is 5. The quantitative estimate of drug-likeness (QED) is 0.661. The molecule has 150 valence electrons. The highest BCUT2D eigenvalue weighted by Gasteiger charge is 2.53. The molecule has 8 heteroatoms. The van der Waals surface area contributed by atoms with Crippen molar-refractivity contribution in [2.75, 3.05) is 7.05 Å². The van der Waals surface area contributed by atoms with Crippen LogP contribution in [0.25, 0.3) is 0 Å². The Hall–Kier alpha value is -2.48. The third-order valence-corrected chi connectivity index (χ3v) is 6.72. The molecule has 3 aliphatic rings. The predicted octanol–water partition coefficient (Wildman–Crippen LogP) is 3.64. The number of aromatic nitrogens is 2. The Balaban J connectivity index is 1.52. The fourth-order valence-electron chi connectivity index (χ4n) is 4.73.